The van der Waals surface area contributed by atoms with E-state index >= 15 is 0 Å². The molecule has 0 amide bonds. The van der Waals surface area contributed by atoms with Crippen molar-refractivity contribution in [3.63, 3.8) is 0 Å². The minimum Gasteiger partial charge on any atom is -0.375 e. The van der Waals surface area contributed by atoms with Gasteiger partial charge >= 0.3 is 0 Å². The van der Waals surface area contributed by atoms with E-state index in [1.165, 1.54) is 31.6 Å². The van der Waals surface area contributed by atoms with Crippen LogP contribution in [0.2, 0.25) is 0 Å². The molecule has 1 heterocycles. The summed E-state index contributed by atoms with van der Waals surface area (Å²) in [6.07, 6.45) is 2.61. The third-order valence-corrected chi connectivity index (χ3v) is 3.19. The van der Waals surface area contributed by atoms with Gasteiger partial charge in [-0.1, -0.05) is 34.3 Å². The summed E-state index contributed by atoms with van der Waals surface area (Å²) in [6.45, 7) is 15.7. The van der Waals surface area contributed by atoms with E-state index in [1.54, 1.807) is 0 Å². The van der Waals surface area contributed by atoms with Gasteiger partial charge in [0.2, 0.25) is 0 Å². The first-order valence-corrected chi connectivity index (χ1v) is 5.36. The van der Waals surface area contributed by atoms with E-state index < -0.39 is 0 Å². The van der Waals surface area contributed by atoms with Crippen LogP contribution >= 0.6 is 0 Å². The quantitative estimate of drug-likeness (QED) is 0.632. The average Bonchev–Trinajstić information content (AvgIpc) is 2.03. The smallest absolute Gasteiger partial charge is 0.0180 e. The molecule has 0 atom stereocenters. The van der Waals surface area contributed by atoms with Crippen LogP contribution in [-0.2, 0) is 0 Å². The molecule has 0 aromatic rings. The van der Waals surface area contributed by atoms with Crippen LogP contribution in [0.5, 0.6) is 0 Å². The maximum Gasteiger partial charge on any atom is 0.0180 e. The molecule has 0 unspecified atom stereocenters. The lowest BCUT2D eigenvalue weighted by molar-refractivity contribution is 0.153. The molecule has 0 aromatic carbocycles. The largest absolute Gasteiger partial charge is 0.375 e. The van der Waals surface area contributed by atoms with E-state index in [1.807, 2.05) is 0 Å². The Morgan fingerprint density at radius 3 is 2.08 bits per heavy atom. The van der Waals surface area contributed by atoms with Crippen LogP contribution < -0.4 is 0 Å². The first-order valence-electron chi connectivity index (χ1n) is 5.36. The summed E-state index contributed by atoms with van der Waals surface area (Å²) in [5.41, 5.74) is 1.86. The molecule has 0 aromatic heterocycles. The highest BCUT2D eigenvalue weighted by Crippen LogP contribution is 2.31. The Morgan fingerprint density at radius 2 is 1.69 bits per heavy atom. The van der Waals surface area contributed by atoms with Gasteiger partial charge in [-0.15, -0.1) is 0 Å². The SMILES string of the molecule is C=C(C(C)C)N1CCC(C)(C)CC1. The monoisotopic (exact) mass is 181 g/mol. The molecular formula is C12H23N. The fourth-order valence-electron chi connectivity index (χ4n) is 1.76. The lowest BCUT2D eigenvalue weighted by Gasteiger charge is -2.40. The van der Waals surface area contributed by atoms with Crippen LogP contribution in [0.1, 0.15) is 40.5 Å². The van der Waals surface area contributed by atoms with Gasteiger partial charge in [-0.05, 0) is 24.2 Å². The number of hydrogen-bond donors (Lipinski definition) is 0. The zero-order chi connectivity index (χ0) is 10.1. The number of rotatable bonds is 2. The molecule has 1 saturated heterocycles. The average molecular weight is 181 g/mol. The van der Waals surface area contributed by atoms with E-state index in [0.717, 1.165) is 0 Å². The first kappa shape index (κ1) is 10.6. The second-order valence-electron chi connectivity index (χ2n) is 5.30. The Morgan fingerprint density at radius 1 is 1.23 bits per heavy atom. The lowest BCUT2D eigenvalue weighted by Crippen LogP contribution is -2.37. The van der Waals surface area contributed by atoms with Gasteiger partial charge in [0.05, 0.1) is 0 Å². The number of nitrogens with zero attached hydrogens (tertiary/aromatic N) is 1. The zero-order valence-electron chi connectivity index (χ0n) is 9.56. The van der Waals surface area contributed by atoms with Gasteiger partial charge in [-0.2, -0.15) is 0 Å². The molecule has 1 nitrogen and oxygen atoms in total. The number of allylic oxidation sites excluding steroid dienone is 1. The van der Waals surface area contributed by atoms with Gasteiger partial charge in [0.25, 0.3) is 0 Å². The molecule has 0 aliphatic carbocycles. The van der Waals surface area contributed by atoms with E-state index in [4.69, 9.17) is 0 Å². The highest BCUT2D eigenvalue weighted by molar-refractivity contribution is 4.99. The third kappa shape index (κ3) is 2.75. The summed E-state index contributed by atoms with van der Waals surface area (Å²) < 4.78 is 0. The fourth-order valence-corrected chi connectivity index (χ4v) is 1.76. The Hall–Kier alpha value is -0.460. The molecule has 13 heavy (non-hydrogen) atoms. The van der Waals surface area contributed by atoms with Crippen molar-refractivity contribution in [2.24, 2.45) is 11.3 Å². The summed E-state index contributed by atoms with van der Waals surface area (Å²) in [5, 5.41) is 0. The van der Waals surface area contributed by atoms with Crippen LogP contribution in [0.3, 0.4) is 0 Å². The van der Waals surface area contributed by atoms with Gasteiger partial charge in [-0.25, -0.2) is 0 Å². The molecule has 0 spiro atoms. The second kappa shape index (κ2) is 3.73. The highest BCUT2D eigenvalue weighted by atomic mass is 15.1. The minimum absolute atomic E-state index is 0.549. The number of hydrogen-bond acceptors (Lipinski definition) is 1. The van der Waals surface area contributed by atoms with Gasteiger partial charge < -0.3 is 4.90 Å². The molecule has 1 rings (SSSR count). The second-order valence-corrected chi connectivity index (χ2v) is 5.30. The van der Waals surface area contributed by atoms with Crippen molar-refractivity contribution >= 4 is 0 Å². The van der Waals surface area contributed by atoms with Crippen molar-refractivity contribution in [2.45, 2.75) is 40.5 Å². The highest BCUT2D eigenvalue weighted by Gasteiger charge is 2.26. The summed E-state index contributed by atoms with van der Waals surface area (Å²) in [4.78, 5) is 2.45. The van der Waals surface area contributed by atoms with Gasteiger partial charge in [0.15, 0.2) is 0 Å². The van der Waals surface area contributed by atoms with Crippen LogP contribution in [0.25, 0.3) is 0 Å². The fraction of sp³-hybridized carbons (Fsp3) is 0.833. The molecule has 1 fully saturated rings. The predicted octanol–water partition coefficient (Wildman–Crippen LogP) is 3.28. The van der Waals surface area contributed by atoms with E-state index in [-0.39, 0.29) is 0 Å². The van der Waals surface area contributed by atoms with Crippen LogP contribution in [-0.4, -0.2) is 18.0 Å². The van der Waals surface area contributed by atoms with Gasteiger partial charge in [-0.3, -0.25) is 0 Å². The number of piperidine rings is 1. The van der Waals surface area contributed by atoms with E-state index in [0.29, 0.717) is 11.3 Å². The van der Waals surface area contributed by atoms with Crippen molar-refractivity contribution in [1.29, 1.82) is 0 Å². The molecule has 1 aliphatic heterocycles. The summed E-state index contributed by atoms with van der Waals surface area (Å²) in [7, 11) is 0. The van der Waals surface area contributed by atoms with Crippen molar-refractivity contribution < 1.29 is 0 Å². The topological polar surface area (TPSA) is 3.24 Å². The Balaban J connectivity index is 2.46. The number of likely N-dealkylation sites (tertiary alicyclic amines) is 1. The van der Waals surface area contributed by atoms with Gasteiger partial charge in [0, 0.05) is 18.8 Å². The minimum atomic E-state index is 0.549. The van der Waals surface area contributed by atoms with Crippen molar-refractivity contribution in [3.8, 4) is 0 Å². The molecule has 0 saturated carbocycles. The normalized spacial score (nSPS) is 22.1. The molecule has 0 N–H and O–H groups in total. The van der Waals surface area contributed by atoms with E-state index in [9.17, 15) is 0 Å². The maximum atomic E-state index is 4.15. The van der Waals surface area contributed by atoms with Crippen molar-refractivity contribution in [3.05, 3.63) is 12.3 Å². The Kier molecular flexibility index (Phi) is 3.05. The molecule has 0 radical (unpaired) electrons. The Bertz CT molecular complexity index is 181. The van der Waals surface area contributed by atoms with Crippen LogP contribution in [0, 0.1) is 11.3 Å². The molecule has 76 valence electrons. The zero-order valence-corrected chi connectivity index (χ0v) is 9.56. The summed E-state index contributed by atoms with van der Waals surface area (Å²) >= 11 is 0. The van der Waals surface area contributed by atoms with Crippen LogP contribution in [0.15, 0.2) is 12.3 Å². The standard InChI is InChI=1S/C12H23N/c1-10(2)11(3)13-8-6-12(4,5)7-9-13/h10H,3,6-9H2,1-2,4-5H3. The maximum absolute atomic E-state index is 4.15. The van der Waals surface area contributed by atoms with Crippen molar-refractivity contribution in [1.82, 2.24) is 4.90 Å². The van der Waals surface area contributed by atoms with Crippen LogP contribution in [0.4, 0.5) is 0 Å². The van der Waals surface area contributed by atoms with Gasteiger partial charge in [0.1, 0.15) is 0 Å². The first-order chi connectivity index (χ1) is 5.92. The molecule has 0 bridgehead atoms. The van der Waals surface area contributed by atoms with E-state index in [2.05, 4.69) is 39.2 Å². The Labute approximate surface area is 82.8 Å². The molecule has 1 aliphatic rings. The molecular weight excluding hydrogens is 158 g/mol. The predicted molar refractivity (Wildman–Crippen MR) is 58.6 cm³/mol. The lowest BCUT2D eigenvalue weighted by atomic mass is 9.82. The molecule has 1 heteroatoms. The summed E-state index contributed by atoms with van der Waals surface area (Å²) in [5.74, 6) is 0.598. The third-order valence-electron chi connectivity index (χ3n) is 3.19. The van der Waals surface area contributed by atoms with Crippen molar-refractivity contribution in [2.75, 3.05) is 13.1 Å². The summed E-state index contributed by atoms with van der Waals surface area (Å²) in [6, 6.07) is 0.